The molecule has 0 radical (unpaired) electrons. The molecule has 0 bridgehead atoms. The van der Waals surface area contributed by atoms with Crippen LogP contribution in [0.25, 0.3) is 11.3 Å². The van der Waals surface area contributed by atoms with E-state index in [1.165, 1.54) is 12.1 Å². The zero-order valence-corrected chi connectivity index (χ0v) is 20.2. The molecule has 2 aromatic carbocycles. The van der Waals surface area contributed by atoms with Crippen molar-refractivity contribution in [1.29, 1.82) is 0 Å². The van der Waals surface area contributed by atoms with E-state index in [-0.39, 0.29) is 5.41 Å². The number of halogens is 3. The summed E-state index contributed by atoms with van der Waals surface area (Å²) < 4.78 is 44.7. The first-order valence-electron chi connectivity index (χ1n) is 11.5. The SMILES string of the molecule is C=CCCC(C)(CCC)c1cc(Oc2ccc(C(F)(F)F)cc2)ccc1-c1ncc(C)nc1C. The van der Waals surface area contributed by atoms with Crippen molar-refractivity contribution >= 4 is 0 Å². The number of nitrogens with zero attached hydrogens (tertiary/aromatic N) is 2. The quantitative estimate of drug-likeness (QED) is 0.295. The summed E-state index contributed by atoms with van der Waals surface area (Å²) in [4.78, 5) is 9.28. The van der Waals surface area contributed by atoms with Gasteiger partial charge >= 0.3 is 6.18 Å². The van der Waals surface area contributed by atoms with Crippen LogP contribution in [0.15, 0.2) is 61.3 Å². The van der Waals surface area contributed by atoms with E-state index in [4.69, 9.17) is 4.74 Å². The van der Waals surface area contributed by atoms with Crippen LogP contribution in [0.2, 0.25) is 0 Å². The number of allylic oxidation sites excluding steroid dienone is 1. The molecule has 0 aliphatic heterocycles. The molecule has 3 nitrogen and oxygen atoms in total. The normalized spacial score (nSPS) is 13.4. The van der Waals surface area contributed by atoms with Crippen LogP contribution in [0.5, 0.6) is 11.5 Å². The molecule has 3 aromatic rings. The van der Waals surface area contributed by atoms with Crippen molar-refractivity contribution in [2.24, 2.45) is 0 Å². The van der Waals surface area contributed by atoms with Crippen LogP contribution in [0.1, 0.15) is 62.0 Å². The fraction of sp³-hybridized carbons (Fsp3) is 0.357. The molecule has 1 unspecified atom stereocenters. The Hall–Kier alpha value is -3.15. The van der Waals surface area contributed by atoms with Crippen LogP contribution in [0.3, 0.4) is 0 Å². The van der Waals surface area contributed by atoms with Crippen LogP contribution >= 0.6 is 0 Å². The molecule has 0 N–H and O–H groups in total. The molecule has 0 spiro atoms. The Bertz CT molecular complexity index is 1140. The Kier molecular flexibility index (Phi) is 7.80. The highest BCUT2D eigenvalue weighted by atomic mass is 19.4. The van der Waals surface area contributed by atoms with Gasteiger partial charge in [0.2, 0.25) is 0 Å². The highest BCUT2D eigenvalue weighted by Gasteiger charge is 2.31. The largest absolute Gasteiger partial charge is 0.457 e. The van der Waals surface area contributed by atoms with Gasteiger partial charge < -0.3 is 4.74 Å². The minimum atomic E-state index is -4.38. The molecule has 0 aliphatic rings. The van der Waals surface area contributed by atoms with E-state index in [9.17, 15) is 13.2 Å². The van der Waals surface area contributed by atoms with Crippen LogP contribution < -0.4 is 4.74 Å². The van der Waals surface area contributed by atoms with E-state index < -0.39 is 11.7 Å². The molecule has 0 saturated heterocycles. The number of benzene rings is 2. The third-order valence-corrected chi connectivity index (χ3v) is 6.08. The third-order valence-electron chi connectivity index (χ3n) is 6.08. The molecule has 3 rings (SSSR count). The average Bonchev–Trinajstić information content (AvgIpc) is 2.78. The zero-order valence-electron chi connectivity index (χ0n) is 20.2. The van der Waals surface area contributed by atoms with E-state index in [1.54, 1.807) is 6.20 Å². The van der Waals surface area contributed by atoms with Crippen LogP contribution in [0, 0.1) is 13.8 Å². The maximum atomic E-state index is 12.9. The van der Waals surface area contributed by atoms with Gasteiger partial charge in [0, 0.05) is 11.8 Å². The third kappa shape index (κ3) is 5.85. The standard InChI is InChI=1S/C28H31F3N2O/c1-6-8-16-27(5,15-7-2)25-17-23(34-22-11-9-21(10-12-22)28(29,30)31)13-14-24(25)26-20(4)33-19(3)18-32-26/h6,9-14,17-18H,1,7-8,15-16H2,2-5H3. The van der Waals surface area contributed by atoms with Gasteiger partial charge in [-0.05, 0) is 86.6 Å². The second-order valence-corrected chi connectivity index (χ2v) is 8.91. The first-order valence-corrected chi connectivity index (χ1v) is 11.5. The number of hydrogen-bond acceptors (Lipinski definition) is 3. The average molecular weight is 469 g/mol. The summed E-state index contributed by atoms with van der Waals surface area (Å²) in [6.07, 6.45) is 3.02. The van der Waals surface area contributed by atoms with Crippen molar-refractivity contribution in [1.82, 2.24) is 9.97 Å². The highest BCUT2D eigenvalue weighted by molar-refractivity contribution is 5.68. The number of rotatable bonds is 9. The maximum absolute atomic E-state index is 12.9. The smallest absolute Gasteiger partial charge is 0.416 e. The summed E-state index contributed by atoms with van der Waals surface area (Å²) in [5, 5.41) is 0. The minimum absolute atomic E-state index is 0.170. The Morgan fingerprint density at radius 2 is 1.68 bits per heavy atom. The van der Waals surface area contributed by atoms with Gasteiger partial charge in [0.1, 0.15) is 11.5 Å². The predicted molar refractivity (Wildman–Crippen MR) is 130 cm³/mol. The molecule has 34 heavy (non-hydrogen) atoms. The molecule has 0 fully saturated rings. The maximum Gasteiger partial charge on any atom is 0.416 e. The van der Waals surface area contributed by atoms with Crippen LogP contribution in [0.4, 0.5) is 13.2 Å². The fourth-order valence-corrected chi connectivity index (χ4v) is 4.37. The van der Waals surface area contributed by atoms with Gasteiger partial charge in [0.25, 0.3) is 0 Å². The molecule has 6 heteroatoms. The molecule has 0 amide bonds. The first-order chi connectivity index (χ1) is 16.1. The highest BCUT2D eigenvalue weighted by Crippen LogP contribution is 2.42. The van der Waals surface area contributed by atoms with Gasteiger partial charge in [-0.25, -0.2) is 0 Å². The first kappa shape index (κ1) is 25.5. The molecule has 0 saturated carbocycles. The van der Waals surface area contributed by atoms with Crippen molar-refractivity contribution in [2.75, 3.05) is 0 Å². The second-order valence-electron chi connectivity index (χ2n) is 8.91. The summed E-state index contributed by atoms with van der Waals surface area (Å²) in [7, 11) is 0. The van der Waals surface area contributed by atoms with Gasteiger partial charge in [-0.3, -0.25) is 9.97 Å². The van der Waals surface area contributed by atoms with Crippen molar-refractivity contribution in [2.45, 2.75) is 65.0 Å². The van der Waals surface area contributed by atoms with E-state index in [0.29, 0.717) is 11.5 Å². The van der Waals surface area contributed by atoms with E-state index >= 15 is 0 Å². The molecular formula is C28H31F3N2O. The Morgan fingerprint density at radius 1 is 1.00 bits per heavy atom. The minimum Gasteiger partial charge on any atom is -0.457 e. The van der Waals surface area contributed by atoms with Gasteiger partial charge in [-0.2, -0.15) is 13.2 Å². The van der Waals surface area contributed by atoms with E-state index in [0.717, 1.165) is 66.0 Å². The Balaban J connectivity index is 2.08. The number of alkyl halides is 3. The predicted octanol–water partition coefficient (Wildman–Crippen LogP) is 8.60. The van der Waals surface area contributed by atoms with Crippen molar-refractivity contribution in [3.63, 3.8) is 0 Å². The van der Waals surface area contributed by atoms with Crippen molar-refractivity contribution in [3.05, 3.63) is 83.8 Å². The van der Waals surface area contributed by atoms with Gasteiger partial charge in [0.05, 0.1) is 22.6 Å². The summed E-state index contributed by atoms with van der Waals surface area (Å²) >= 11 is 0. The Labute approximate surface area is 199 Å². The lowest BCUT2D eigenvalue weighted by Gasteiger charge is -2.32. The Morgan fingerprint density at radius 3 is 2.26 bits per heavy atom. The molecule has 1 aromatic heterocycles. The summed E-state index contributed by atoms with van der Waals surface area (Å²) in [6, 6.07) is 10.5. The molecular weight excluding hydrogens is 437 g/mol. The fourth-order valence-electron chi connectivity index (χ4n) is 4.37. The monoisotopic (exact) mass is 468 g/mol. The summed E-state index contributed by atoms with van der Waals surface area (Å²) in [6.45, 7) is 12.1. The van der Waals surface area contributed by atoms with Crippen LogP contribution in [-0.4, -0.2) is 9.97 Å². The lowest BCUT2D eigenvalue weighted by atomic mass is 9.72. The zero-order chi connectivity index (χ0) is 24.9. The van der Waals surface area contributed by atoms with E-state index in [1.807, 2.05) is 38.1 Å². The van der Waals surface area contributed by atoms with Crippen molar-refractivity contribution < 1.29 is 17.9 Å². The molecule has 1 atom stereocenters. The summed E-state index contributed by atoms with van der Waals surface area (Å²) in [5.41, 5.74) is 3.73. The summed E-state index contributed by atoms with van der Waals surface area (Å²) in [5.74, 6) is 0.915. The second kappa shape index (κ2) is 10.4. The number of aromatic nitrogens is 2. The lowest BCUT2D eigenvalue weighted by molar-refractivity contribution is -0.137. The molecule has 180 valence electrons. The topological polar surface area (TPSA) is 35.0 Å². The van der Waals surface area contributed by atoms with Crippen LogP contribution in [-0.2, 0) is 11.6 Å². The van der Waals surface area contributed by atoms with Crippen molar-refractivity contribution in [3.8, 4) is 22.8 Å². The van der Waals surface area contributed by atoms with Gasteiger partial charge in [-0.1, -0.05) is 26.3 Å². The number of ether oxygens (including phenoxy) is 1. The molecule has 1 heterocycles. The number of aryl methyl sites for hydroxylation is 2. The lowest BCUT2D eigenvalue weighted by Crippen LogP contribution is -2.23. The molecule has 0 aliphatic carbocycles. The number of hydrogen-bond donors (Lipinski definition) is 0. The van der Waals surface area contributed by atoms with Gasteiger partial charge in [-0.15, -0.1) is 6.58 Å². The van der Waals surface area contributed by atoms with E-state index in [2.05, 4.69) is 30.4 Å². The van der Waals surface area contributed by atoms with Gasteiger partial charge in [0.15, 0.2) is 0 Å².